The van der Waals surface area contributed by atoms with E-state index >= 15 is 0 Å². The van der Waals surface area contributed by atoms with E-state index in [9.17, 15) is 19.2 Å². The topological polar surface area (TPSA) is 199 Å². The summed E-state index contributed by atoms with van der Waals surface area (Å²) in [5.74, 6) is 0. The lowest BCUT2D eigenvalue weighted by molar-refractivity contribution is 0.194. The molecule has 0 spiro atoms. The quantitative estimate of drug-likeness (QED) is 0.118. The summed E-state index contributed by atoms with van der Waals surface area (Å²) in [4.78, 5) is 37.5. The zero-order chi connectivity index (χ0) is 27.7. The van der Waals surface area contributed by atoms with Crippen LogP contribution < -0.4 is 0 Å². The van der Waals surface area contributed by atoms with Gasteiger partial charge in [-0.15, -0.1) is 0 Å². The molecule has 0 aliphatic carbocycles. The van der Waals surface area contributed by atoms with E-state index in [1.165, 1.54) is 43.1 Å². The SMILES string of the molecule is O=C(O)/N=N/C(=O)O.O=C(O)/N=N/C(=O)O.c1ccc2cc3cc4cc5ccccc5cc4cc3cc2c1. The van der Waals surface area contributed by atoms with Gasteiger partial charge in [-0.05, 0) is 79.5 Å². The third-order valence-electron chi connectivity index (χ3n) is 4.97. The van der Waals surface area contributed by atoms with Gasteiger partial charge in [-0.1, -0.05) is 69.0 Å². The predicted molar refractivity (Wildman–Crippen MR) is 138 cm³/mol. The van der Waals surface area contributed by atoms with Crippen molar-refractivity contribution in [2.24, 2.45) is 20.5 Å². The number of hydrogen-bond donors (Lipinski definition) is 4. The maximum atomic E-state index is 9.38. The standard InChI is InChI=1S/C22H14.2C2H2N2O4/c1-2-6-16-10-20-14-22-12-18-8-4-3-7-17(18)11-21(22)13-19(20)9-15(16)5-1;2*5-1(6)3-4-2(7)8/h1-14H;2*(H,5,6)(H,7,8)/b;2*4-3+. The minimum Gasteiger partial charge on any atom is -0.462 e. The lowest BCUT2D eigenvalue weighted by Gasteiger charge is -2.07. The zero-order valence-electron chi connectivity index (χ0n) is 19.3. The van der Waals surface area contributed by atoms with E-state index in [0.29, 0.717) is 0 Å². The molecule has 5 aromatic carbocycles. The molecule has 0 saturated carbocycles. The molecule has 5 aromatic rings. The average molecular weight is 514 g/mol. The summed E-state index contributed by atoms with van der Waals surface area (Å²) < 4.78 is 0. The van der Waals surface area contributed by atoms with Crippen LogP contribution in [0.3, 0.4) is 0 Å². The Hall–Kier alpha value is -5.78. The van der Waals surface area contributed by atoms with Gasteiger partial charge in [0.25, 0.3) is 0 Å². The highest BCUT2D eigenvalue weighted by Crippen LogP contribution is 2.30. The summed E-state index contributed by atoms with van der Waals surface area (Å²) in [6.07, 6.45) is -6.47. The fourth-order valence-corrected chi connectivity index (χ4v) is 3.56. The number of nitrogens with zero attached hydrogens (tertiary/aromatic N) is 4. The number of rotatable bonds is 0. The van der Waals surface area contributed by atoms with Crippen molar-refractivity contribution < 1.29 is 39.6 Å². The van der Waals surface area contributed by atoms with Crippen molar-refractivity contribution in [2.75, 3.05) is 0 Å². The first-order valence-corrected chi connectivity index (χ1v) is 10.6. The molecule has 4 amide bonds. The largest absolute Gasteiger partial charge is 0.462 e. The van der Waals surface area contributed by atoms with Gasteiger partial charge in [-0.3, -0.25) is 0 Å². The Morgan fingerprint density at radius 2 is 0.553 bits per heavy atom. The van der Waals surface area contributed by atoms with E-state index in [0.717, 1.165) is 0 Å². The molecule has 12 heteroatoms. The number of fused-ring (bicyclic) bond motifs is 4. The second-order valence-electron chi connectivity index (χ2n) is 7.48. The monoisotopic (exact) mass is 514 g/mol. The van der Waals surface area contributed by atoms with E-state index in [1.807, 2.05) is 0 Å². The number of hydrogen-bond acceptors (Lipinski definition) is 4. The van der Waals surface area contributed by atoms with Crippen LogP contribution in [-0.2, 0) is 0 Å². The second kappa shape index (κ2) is 12.3. The molecule has 0 atom stereocenters. The fraction of sp³-hybridized carbons (Fsp3) is 0. The van der Waals surface area contributed by atoms with Crippen molar-refractivity contribution in [3.8, 4) is 0 Å². The highest BCUT2D eigenvalue weighted by Gasteiger charge is 2.03. The van der Waals surface area contributed by atoms with Crippen LogP contribution in [0.15, 0.2) is 105 Å². The van der Waals surface area contributed by atoms with E-state index in [1.54, 1.807) is 0 Å². The van der Waals surface area contributed by atoms with Crippen LogP contribution in [0.2, 0.25) is 0 Å². The van der Waals surface area contributed by atoms with Gasteiger partial charge < -0.3 is 20.4 Å². The molecule has 4 N–H and O–H groups in total. The molecule has 0 radical (unpaired) electrons. The second-order valence-corrected chi connectivity index (χ2v) is 7.48. The maximum absolute atomic E-state index is 9.38. The molecule has 12 nitrogen and oxygen atoms in total. The average Bonchev–Trinajstić information content (AvgIpc) is 2.88. The first kappa shape index (κ1) is 26.8. The maximum Gasteiger partial charge on any atom is 0.450 e. The number of azo groups is 2. The molecule has 0 bridgehead atoms. The van der Waals surface area contributed by atoms with Gasteiger partial charge in [-0.25, -0.2) is 19.2 Å². The molecule has 0 aliphatic rings. The Morgan fingerprint density at radius 1 is 0.368 bits per heavy atom. The lowest BCUT2D eigenvalue weighted by atomic mass is 9.97. The van der Waals surface area contributed by atoms with Crippen LogP contribution in [0, 0.1) is 0 Å². The Kier molecular flexibility index (Phi) is 8.65. The van der Waals surface area contributed by atoms with Crippen molar-refractivity contribution in [2.45, 2.75) is 0 Å². The van der Waals surface area contributed by atoms with Crippen LogP contribution in [0.5, 0.6) is 0 Å². The molecule has 0 unspecified atom stereocenters. The molecule has 5 rings (SSSR count). The molecule has 38 heavy (non-hydrogen) atoms. The van der Waals surface area contributed by atoms with Crippen LogP contribution in [0.1, 0.15) is 0 Å². The number of amides is 4. The molecule has 0 aromatic heterocycles. The highest BCUT2D eigenvalue weighted by molar-refractivity contribution is 6.08. The van der Waals surface area contributed by atoms with Gasteiger partial charge in [0.15, 0.2) is 0 Å². The van der Waals surface area contributed by atoms with Crippen LogP contribution in [0.25, 0.3) is 43.1 Å². The van der Waals surface area contributed by atoms with Gasteiger partial charge >= 0.3 is 24.4 Å². The summed E-state index contributed by atoms with van der Waals surface area (Å²) in [6.45, 7) is 0. The first-order chi connectivity index (χ1) is 18.1. The Balaban J connectivity index is 0.000000209. The smallest absolute Gasteiger partial charge is 0.450 e. The van der Waals surface area contributed by atoms with Gasteiger partial charge in [0, 0.05) is 0 Å². The van der Waals surface area contributed by atoms with Gasteiger partial charge in [0.05, 0.1) is 0 Å². The normalized spacial score (nSPS) is 10.7. The van der Waals surface area contributed by atoms with Crippen molar-refractivity contribution in [1.29, 1.82) is 0 Å². The Bertz CT molecular complexity index is 1500. The predicted octanol–water partition coefficient (Wildman–Crippen LogP) is 7.89. The molecule has 0 fully saturated rings. The van der Waals surface area contributed by atoms with E-state index in [2.05, 4.69) is 105 Å². The van der Waals surface area contributed by atoms with E-state index < -0.39 is 24.4 Å². The van der Waals surface area contributed by atoms with Gasteiger partial charge in [-0.2, -0.15) is 0 Å². The Labute approximate surface area is 212 Å². The van der Waals surface area contributed by atoms with Crippen molar-refractivity contribution >= 4 is 67.5 Å². The molecule has 190 valence electrons. The molecular weight excluding hydrogens is 496 g/mol. The first-order valence-electron chi connectivity index (χ1n) is 10.6. The summed E-state index contributed by atoms with van der Waals surface area (Å²) in [5, 5.41) is 50.1. The third-order valence-corrected chi connectivity index (χ3v) is 4.97. The third kappa shape index (κ3) is 7.61. The fourth-order valence-electron chi connectivity index (χ4n) is 3.56. The van der Waals surface area contributed by atoms with Crippen molar-refractivity contribution in [1.82, 2.24) is 0 Å². The number of carboxylic acid groups (broad SMARTS) is 4. The number of carbonyl (C=O) groups is 4. The Morgan fingerprint density at radius 3 is 0.737 bits per heavy atom. The zero-order valence-corrected chi connectivity index (χ0v) is 19.3. The van der Waals surface area contributed by atoms with E-state index in [4.69, 9.17) is 20.4 Å². The lowest BCUT2D eigenvalue weighted by Crippen LogP contribution is -1.87. The molecule has 0 aliphatic heterocycles. The van der Waals surface area contributed by atoms with Gasteiger partial charge in [0.1, 0.15) is 0 Å². The summed E-state index contributed by atoms with van der Waals surface area (Å²) in [7, 11) is 0. The van der Waals surface area contributed by atoms with Crippen molar-refractivity contribution in [3.63, 3.8) is 0 Å². The van der Waals surface area contributed by atoms with Crippen LogP contribution in [0.4, 0.5) is 19.2 Å². The van der Waals surface area contributed by atoms with Crippen LogP contribution >= 0.6 is 0 Å². The summed E-state index contributed by atoms with van der Waals surface area (Å²) in [5.41, 5.74) is 0. The highest BCUT2D eigenvalue weighted by atomic mass is 16.4. The summed E-state index contributed by atoms with van der Waals surface area (Å²) in [6, 6.07) is 30.9. The number of benzene rings is 5. The summed E-state index contributed by atoms with van der Waals surface area (Å²) >= 11 is 0. The molecule has 0 saturated heterocycles. The minimum atomic E-state index is -1.62. The van der Waals surface area contributed by atoms with Crippen LogP contribution in [-0.4, -0.2) is 44.8 Å². The van der Waals surface area contributed by atoms with Crippen molar-refractivity contribution in [3.05, 3.63) is 84.9 Å². The van der Waals surface area contributed by atoms with E-state index in [-0.39, 0.29) is 0 Å². The minimum absolute atomic E-state index is 1.30. The molecule has 0 heterocycles. The molecular formula is C26H18N4O8. The van der Waals surface area contributed by atoms with Gasteiger partial charge in [0.2, 0.25) is 0 Å².